The molecule has 2 N–H and O–H groups in total. The Labute approximate surface area is 74.3 Å². The first-order valence-electron chi connectivity index (χ1n) is 3.85. The number of aromatic nitrogens is 2. The maximum atomic E-state index is 11.7. The molecule has 1 rings (SSSR count). The quantitative estimate of drug-likeness (QED) is 0.778. The first kappa shape index (κ1) is 9.91. The van der Waals surface area contributed by atoms with Gasteiger partial charge in [0.1, 0.15) is 5.82 Å². The van der Waals surface area contributed by atoms with Crippen molar-refractivity contribution in [3.05, 3.63) is 11.8 Å². The van der Waals surface area contributed by atoms with E-state index in [0.717, 1.165) is 0 Å². The number of rotatable bonds is 4. The summed E-state index contributed by atoms with van der Waals surface area (Å²) in [6.07, 6.45) is 0. The van der Waals surface area contributed by atoms with Gasteiger partial charge in [0.05, 0.1) is 12.3 Å². The largest absolute Gasteiger partial charge is 0.382 e. The third-order valence-corrected chi connectivity index (χ3v) is 1.54. The van der Waals surface area contributed by atoms with Gasteiger partial charge in [0.15, 0.2) is 0 Å². The lowest BCUT2D eigenvalue weighted by Gasteiger charge is -2.04. The molecule has 0 spiro atoms. The predicted octanol–water partition coefficient (Wildman–Crippen LogP) is 1.22. The van der Waals surface area contributed by atoms with Crippen LogP contribution in [0.1, 0.15) is 12.6 Å². The number of hydrogen-bond acceptors (Lipinski definition) is 3. The number of nitrogen functional groups attached to an aromatic ring is 1. The zero-order valence-electron chi connectivity index (χ0n) is 7.20. The lowest BCUT2D eigenvalue weighted by atomic mass is 10.4. The smallest absolute Gasteiger partial charge is 0.345 e. The second kappa shape index (κ2) is 4.18. The molecule has 0 atom stereocenters. The van der Waals surface area contributed by atoms with Gasteiger partial charge in [-0.1, -0.05) is 0 Å². The Hall–Kier alpha value is -1.17. The van der Waals surface area contributed by atoms with Gasteiger partial charge in [0.2, 0.25) is 0 Å². The van der Waals surface area contributed by atoms with E-state index >= 15 is 0 Å². The van der Waals surface area contributed by atoms with Crippen LogP contribution in [-0.4, -0.2) is 16.4 Å². The van der Waals surface area contributed by atoms with Gasteiger partial charge in [0, 0.05) is 12.6 Å². The van der Waals surface area contributed by atoms with Gasteiger partial charge in [-0.15, -0.1) is 0 Å². The highest BCUT2D eigenvalue weighted by molar-refractivity contribution is 5.29. The Balaban J connectivity index is 2.64. The monoisotopic (exact) mass is 191 g/mol. The number of nitrogens with two attached hydrogens (primary N) is 1. The molecule has 0 amide bonds. The molecule has 0 bridgehead atoms. The number of alkyl halides is 2. The normalized spacial score (nSPS) is 11.1. The molecule has 0 saturated heterocycles. The fourth-order valence-electron chi connectivity index (χ4n) is 1.02. The Kier molecular flexibility index (Phi) is 3.18. The van der Waals surface area contributed by atoms with Crippen LogP contribution in [0.5, 0.6) is 0 Å². The van der Waals surface area contributed by atoms with Crippen LogP contribution in [0, 0.1) is 0 Å². The van der Waals surface area contributed by atoms with Crippen LogP contribution in [0.15, 0.2) is 6.07 Å². The second-order valence-electron chi connectivity index (χ2n) is 2.45. The number of halogens is 2. The van der Waals surface area contributed by atoms with E-state index in [2.05, 4.69) is 9.84 Å². The molecule has 74 valence electrons. The standard InChI is InChI=1S/C7H11F2N3O/c1-2-12-5(3-6(10)11-12)4-13-7(8)9/h3,7H,2,4H2,1H3,(H2,10,11). The molecule has 0 aromatic carbocycles. The fraction of sp³-hybridized carbons (Fsp3) is 0.571. The molecule has 13 heavy (non-hydrogen) atoms. The topological polar surface area (TPSA) is 53.1 Å². The van der Waals surface area contributed by atoms with Crippen molar-refractivity contribution in [2.24, 2.45) is 0 Å². The summed E-state index contributed by atoms with van der Waals surface area (Å²) in [6, 6.07) is 1.52. The van der Waals surface area contributed by atoms with Crippen LogP contribution in [0.25, 0.3) is 0 Å². The van der Waals surface area contributed by atoms with Crippen molar-refractivity contribution >= 4 is 5.82 Å². The molecule has 0 unspecified atom stereocenters. The van der Waals surface area contributed by atoms with Crippen LogP contribution in [0.2, 0.25) is 0 Å². The molecule has 0 radical (unpaired) electrons. The van der Waals surface area contributed by atoms with E-state index in [0.29, 0.717) is 18.1 Å². The Morgan fingerprint density at radius 1 is 1.69 bits per heavy atom. The number of nitrogens with zero attached hydrogens (tertiary/aromatic N) is 2. The van der Waals surface area contributed by atoms with E-state index in [1.165, 1.54) is 10.7 Å². The fourth-order valence-corrected chi connectivity index (χ4v) is 1.02. The SMILES string of the molecule is CCn1nc(N)cc1COC(F)F. The van der Waals surface area contributed by atoms with Gasteiger partial charge in [-0.3, -0.25) is 4.68 Å². The van der Waals surface area contributed by atoms with Crippen LogP contribution >= 0.6 is 0 Å². The van der Waals surface area contributed by atoms with Gasteiger partial charge in [-0.2, -0.15) is 13.9 Å². The van der Waals surface area contributed by atoms with E-state index in [9.17, 15) is 8.78 Å². The predicted molar refractivity (Wildman–Crippen MR) is 43.1 cm³/mol. The second-order valence-corrected chi connectivity index (χ2v) is 2.45. The summed E-state index contributed by atoms with van der Waals surface area (Å²) in [7, 11) is 0. The van der Waals surface area contributed by atoms with E-state index < -0.39 is 6.61 Å². The molecule has 0 aliphatic heterocycles. The molecular weight excluding hydrogens is 180 g/mol. The Morgan fingerprint density at radius 3 is 2.92 bits per heavy atom. The zero-order chi connectivity index (χ0) is 9.84. The minimum absolute atomic E-state index is 0.171. The van der Waals surface area contributed by atoms with E-state index in [4.69, 9.17) is 5.73 Å². The van der Waals surface area contributed by atoms with Crippen molar-refractivity contribution < 1.29 is 13.5 Å². The van der Waals surface area contributed by atoms with Gasteiger partial charge >= 0.3 is 6.61 Å². The van der Waals surface area contributed by atoms with E-state index in [-0.39, 0.29) is 6.61 Å². The van der Waals surface area contributed by atoms with Gasteiger partial charge in [0.25, 0.3) is 0 Å². The summed E-state index contributed by atoms with van der Waals surface area (Å²) in [5.41, 5.74) is 5.94. The van der Waals surface area contributed by atoms with Crippen molar-refractivity contribution in [1.82, 2.24) is 9.78 Å². The first-order chi connectivity index (χ1) is 6.13. The summed E-state index contributed by atoms with van der Waals surface area (Å²) >= 11 is 0. The summed E-state index contributed by atoms with van der Waals surface area (Å²) in [5, 5.41) is 3.88. The highest BCUT2D eigenvalue weighted by Gasteiger charge is 2.07. The molecule has 1 aromatic heterocycles. The van der Waals surface area contributed by atoms with Crippen LogP contribution in [-0.2, 0) is 17.9 Å². The molecule has 0 aliphatic carbocycles. The summed E-state index contributed by atoms with van der Waals surface area (Å²) < 4.78 is 29.0. The zero-order valence-corrected chi connectivity index (χ0v) is 7.20. The number of ether oxygens (including phenoxy) is 1. The summed E-state index contributed by atoms with van der Waals surface area (Å²) in [5.74, 6) is 0.315. The molecule has 1 aromatic rings. The number of anilines is 1. The maximum absolute atomic E-state index is 11.7. The third kappa shape index (κ3) is 2.66. The molecule has 0 fully saturated rings. The molecule has 1 heterocycles. The van der Waals surface area contributed by atoms with Gasteiger partial charge in [-0.25, -0.2) is 0 Å². The lowest BCUT2D eigenvalue weighted by Crippen LogP contribution is -2.06. The van der Waals surface area contributed by atoms with Crippen molar-refractivity contribution in [3.63, 3.8) is 0 Å². The molecule has 4 nitrogen and oxygen atoms in total. The van der Waals surface area contributed by atoms with Crippen LogP contribution in [0.4, 0.5) is 14.6 Å². The minimum Gasteiger partial charge on any atom is -0.382 e. The minimum atomic E-state index is -2.76. The van der Waals surface area contributed by atoms with E-state index in [1.54, 1.807) is 0 Å². The van der Waals surface area contributed by atoms with Crippen molar-refractivity contribution in [2.75, 3.05) is 5.73 Å². The highest BCUT2D eigenvalue weighted by atomic mass is 19.3. The van der Waals surface area contributed by atoms with Gasteiger partial charge in [-0.05, 0) is 6.92 Å². The van der Waals surface area contributed by atoms with Crippen LogP contribution in [0.3, 0.4) is 0 Å². The highest BCUT2D eigenvalue weighted by Crippen LogP contribution is 2.09. The number of aryl methyl sites for hydroxylation is 1. The van der Waals surface area contributed by atoms with Crippen molar-refractivity contribution in [3.8, 4) is 0 Å². The average molecular weight is 191 g/mol. The molecule has 6 heteroatoms. The number of hydrogen-bond donors (Lipinski definition) is 1. The molecular formula is C7H11F2N3O. The Bertz CT molecular complexity index is 275. The summed E-state index contributed by atoms with van der Waals surface area (Å²) in [6.45, 7) is -0.505. The Morgan fingerprint density at radius 2 is 2.38 bits per heavy atom. The van der Waals surface area contributed by atoms with Crippen molar-refractivity contribution in [2.45, 2.75) is 26.7 Å². The van der Waals surface area contributed by atoms with E-state index in [1.807, 2.05) is 6.92 Å². The van der Waals surface area contributed by atoms with Crippen LogP contribution < -0.4 is 5.73 Å². The molecule has 0 saturated carbocycles. The maximum Gasteiger partial charge on any atom is 0.345 e. The summed E-state index contributed by atoms with van der Waals surface area (Å²) in [4.78, 5) is 0. The molecule has 0 aliphatic rings. The van der Waals surface area contributed by atoms with Gasteiger partial charge < -0.3 is 10.5 Å². The third-order valence-electron chi connectivity index (χ3n) is 1.54. The lowest BCUT2D eigenvalue weighted by molar-refractivity contribution is -0.138. The average Bonchev–Trinajstić information content (AvgIpc) is 2.42. The van der Waals surface area contributed by atoms with Crippen molar-refractivity contribution in [1.29, 1.82) is 0 Å². The first-order valence-corrected chi connectivity index (χ1v) is 3.85.